The normalized spacial score (nSPS) is 20.1. The van der Waals surface area contributed by atoms with E-state index in [1.807, 2.05) is 38.1 Å². The van der Waals surface area contributed by atoms with Gasteiger partial charge >= 0.3 is 12.1 Å². The van der Waals surface area contributed by atoms with Crippen LogP contribution in [0, 0.1) is 5.92 Å². The maximum Gasteiger partial charge on any atom is 0.407 e. The maximum absolute atomic E-state index is 13.0. The van der Waals surface area contributed by atoms with Crippen LogP contribution >= 0.6 is 0 Å². The zero-order chi connectivity index (χ0) is 24.5. The van der Waals surface area contributed by atoms with Crippen LogP contribution in [0.3, 0.4) is 0 Å². The van der Waals surface area contributed by atoms with E-state index in [1.165, 1.54) is 4.90 Å². The second kappa shape index (κ2) is 9.49. The molecule has 1 heterocycles. The number of ether oxygens (including phenoxy) is 1. The van der Waals surface area contributed by atoms with Crippen molar-refractivity contribution in [3.8, 4) is 11.1 Å². The molecular weight excluding hydrogens is 432 g/mol. The summed E-state index contributed by atoms with van der Waals surface area (Å²) in [5.41, 5.74) is 3.39. The van der Waals surface area contributed by atoms with Gasteiger partial charge in [0.25, 0.3) is 0 Å². The van der Waals surface area contributed by atoms with E-state index < -0.39 is 23.6 Å². The Labute approximate surface area is 200 Å². The number of carboxylic acids is 1. The van der Waals surface area contributed by atoms with Crippen LogP contribution in [0.25, 0.3) is 11.1 Å². The Morgan fingerprint density at radius 3 is 2.24 bits per heavy atom. The summed E-state index contributed by atoms with van der Waals surface area (Å²) < 4.78 is 5.64. The minimum Gasteiger partial charge on any atom is -0.480 e. The van der Waals surface area contributed by atoms with Gasteiger partial charge in [0, 0.05) is 24.9 Å². The maximum atomic E-state index is 13.0. The molecule has 0 saturated carbocycles. The summed E-state index contributed by atoms with van der Waals surface area (Å²) in [5, 5.41) is 12.5. The molecule has 1 aliphatic heterocycles. The SMILES string of the molecule is CC(C)[C@H](CC(=O)N1CCC[C@@]1(C)C(=O)O)NC(=O)OCC1c2ccccc2-c2ccccc21. The van der Waals surface area contributed by atoms with E-state index in [4.69, 9.17) is 4.74 Å². The lowest BCUT2D eigenvalue weighted by Gasteiger charge is -2.33. The molecule has 34 heavy (non-hydrogen) atoms. The molecule has 0 unspecified atom stereocenters. The molecule has 7 heteroatoms. The van der Waals surface area contributed by atoms with Crippen molar-refractivity contribution < 1.29 is 24.2 Å². The average Bonchev–Trinajstić information content (AvgIpc) is 3.36. The Morgan fingerprint density at radius 2 is 1.68 bits per heavy atom. The van der Waals surface area contributed by atoms with E-state index in [-0.39, 0.29) is 30.8 Å². The van der Waals surface area contributed by atoms with Crippen molar-refractivity contribution in [3.63, 3.8) is 0 Å². The zero-order valence-electron chi connectivity index (χ0n) is 19.9. The number of fused-ring (bicyclic) bond motifs is 3. The predicted molar refractivity (Wildman–Crippen MR) is 128 cm³/mol. The van der Waals surface area contributed by atoms with Crippen molar-refractivity contribution in [2.24, 2.45) is 5.92 Å². The summed E-state index contributed by atoms with van der Waals surface area (Å²) in [7, 11) is 0. The van der Waals surface area contributed by atoms with Gasteiger partial charge in [-0.1, -0.05) is 62.4 Å². The van der Waals surface area contributed by atoms with Crippen molar-refractivity contribution in [3.05, 3.63) is 59.7 Å². The number of likely N-dealkylation sites (tertiary alicyclic amines) is 1. The lowest BCUT2D eigenvalue weighted by atomic mass is 9.96. The van der Waals surface area contributed by atoms with Crippen LogP contribution in [0.15, 0.2) is 48.5 Å². The number of carbonyl (C=O) groups excluding carboxylic acids is 2. The Morgan fingerprint density at radius 1 is 1.09 bits per heavy atom. The first-order valence-electron chi connectivity index (χ1n) is 11.9. The molecule has 2 N–H and O–H groups in total. The number of aliphatic carboxylic acids is 1. The topological polar surface area (TPSA) is 95.9 Å². The number of nitrogens with zero attached hydrogens (tertiary/aromatic N) is 1. The summed E-state index contributed by atoms with van der Waals surface area (Å²) >= 11 is 0. The third kappa shape index (κ3) is 4.39. The zero-order valence-corrected chi connectivity index (χ0v) is 19.9. The number of amides is 2. The molecule has 7 nitrogen and oxygen atoms in total. The van der Waals surface area contributed by atoms with Crippen molar-refractivity contribution in [1.82, 2.24) is 10.2 Å². The average molecular weight is 465 g/mol. The lowest BCUT2D eigenvalue weighted by Crippen LogP contribution is -2.52. The molecule has 2 aromatic rings. The summed E-state index contributed by atoms with van der Waals surface area (Å²) in [4.78, 5) is 38.9. The number of benzene rings is 2. The molecule has 4 rings (SSSR count). The highest BCUT2D eigenvalue weighted by molar-refractivity contribution is 5.88. The Bertz CT molecular complexity index is 1050. The largest absolute Gasteiger partial charge is 0.480 e. The van der Waals surface area contributed by atoms with Crippen LogP contribution in [-0.4, -0.2) is 52.7 Å². The summed E-state index contributed by atoms with van der Waals surface area (Å²) in [6.07, 6.45) is 0.543. The Kier molecular flexibility index (Phi) is 6.64. The third-order valence-corrected chi connectivity index (χ3v) is 7.25. The molecule has 0 spiro atoms. The van der Waals surface area contributed by atoms with E-state index in [2.05, 4.69) is 29.6 Å². The van der Waals surface area contributed by atoms with E-state index in [0.717, 1.165) is 22.3 Å². The second-order valence-corrected chi connectivity index (χ2v) is 9.75. The highest BCUT2D eigenvalue weighted by atomic mass is 16.5. The van der Waals surface area contributed by atoms with E-state index >= 15 is 0 Å². The number of carboxylic acid groups (broad SMARTS) is 1. The van der Waals surface area contributed by atoms with E-state index in [1.54, 1.807) is 6.92 Å². The fraction of sp³-hybridized carbons (Fsp3) is 0.444. The van der Waals surface area contributed by atoms with Gasteiger partial charge < -0.3 is 20.1 Å². The standard InChI is InChI=1S/C27H32N2O5/c1-17(2)23(15-24(30)29-14-8-13-27(29,3)25(31)32)28-26(33)34-16-22-20-11-6-4-9-18(20)19-10-5-7-12-21(19)22/h4-7,9-12,17,22-23H,8,13-16H2,1-3H3,(H,28,33)(H,31,32)/t23-,27-/m0/s1. The number of carbonyl (C=O) groups is 3. The highest BCUT2D eigenvalue weighted by Gasteiger charge is 2.46. The van der Waals surface area contributed by atoms with Gasteiger partial charge in [-0.3, -0.25) is 4.79 Å². The Hall–Kier alpha value is -3.35. The number of hydrogen-bond donors (Lipinski definition) is 2. The van der Waals surface area contributed by atoms with Gasteiger partial charge in [-0.25, -0.2) is 9.59 Å². The molecule has 2 amide bonds. The van der Waals surface area contributed by atoms with Crippen molar-refractivity contribution >= 4 is 18.0 Å². The Balaban J connectivity index is 1.40. The van der Waals surface area contributed by atoms with Crippen LogP contribution in [0.1, 0.15) is 57.1 Å². The number of rotatable bonds is 7. The van der Waals surface area contributed by atoms with Crippen molar-refractivity contribution in [2.45, 2.75) is 57.5 Å². The summed E-state index contributed by atoms with van der Waals surface area (Å²) in [6, 6.07) is 15.8. The van der Waals surface area contributed by atoms with Gasteiger partial charge in [0.1, 0.15) is 12.1 Å². The van der Waals surface area contributed by atoms with Gasteiger partial charge in [-0.15, -0.1) is 0 Å². The molecule has 2 aromatic carbocycles. The highest BCUT2D eigenvalue weighted by Crippen LogP contribution is 2.44. The van der Waals surface area contributed by atoms with Gasteiger partial charge in [0.15, 0.2) is 0 Å². The van der Waals surface area contributed by atoms with E-state index in [9.17, 15) is 19.5 Å². The minimum absolute atomic E-state index is 0.0249. The molecule has 1 fully saturated rings. The smallest absolute Gasteiger partial charge is 0.407 e. The van der Waals surface area contributed by atoms with Gasteiger partial charge in [-0.2, -0.15) is 0 Å². The van der Waals surface area contributed by atoms with E-state index in [0.29, 0.717) is 19.4 Å². The van der Waals surface area contributed by atoms with Gasteiger partial charge in [0.05, 0.1) is 0 Å². The summed E-state index contributed by atoms with van der Waals surface area (Å²) in [5.74, 6) is -1.33. The minimum atomic E-state index is -1.19. The molecule has 0 aromatic heterocycles. The van der Waals surface area contributed by atoms with Crippen molar-refractivity contribution in [2.75, 3.05) is 13.2 Å². The first kappa shape index (κ1) is 23.8. The van der Waals surface area contributed by atoms with Crippen LogP contribution in [-0.2, 0) is 14.3 Å². The third-order valence-electron chi connectivity index (χ3n) is 7.25. The number of alkyl carbamates (subject to hydrolysis) is 1. The fourth-order valence-corrected chi connectivity index (χ4v) is 5.13. The van der Waals surface area contributed by atoms with Crippen molar-refractivity contribution in [1.29, 1.82) is 0 Å². The summed E-state index contributed by atoms with van der Waals surface area (Å²) in [6.45, 7) is 6.03. The second-order valence-electron chi connectivity index (χ2n) is 9.75. The molecule has 1 saturated heterocycles. The molecule has 2 aliphatic rings. The number of nitrogens with one attached hydrogen (secondary N) is 1. The predicted octanol–water partition coefficient (Wildman–Crippen LogP) is 4.41. The molecule has 180 valence electrons. The molecule has 2 atom stereocenters. The first-order valence-corrected chi connectivity index (χ1v) is 11.9. The first-order chi connectivity index (χ1) is 16.2. The van der Waals surface area contributed by atoms with Crippen LogP contribution in [0.2, 0.25) is 0 Å². The molecule has 1 aliphatic carbocycles. The van der Waals surface area contributed by atoms with Gasteiger partial charge in [0.2, 0.25) is 5.91 Å². The monoisotopic (exact) mass is 464 g/mol. The molecular formula is C27H32N2O5. The van der Waals surface area contributed by atoms with Crippen LogP contribution < -0.4 is 5.32 Å². The van der Waals surface area contributed by atoms with Crippen LogP contribution in [0.4, 0.5) is 4.79 Å². The molecule has 0 bridgehead atoms. The number of hydrogen-bond acceptors (Lipinski definition) is 4. The van der Waals surface area contributed by atoms with Crippen LogP contribution in [0.5, 0.6) is 0 Å². The quantitative estimate of drug-likeness (QED) is 0.633. The fourth-order valence-electron chi connectivity index (χ4n) is 5.13. The van der Waals surface area contributed by atoms with Gasteiger partial charge in [-0.05, 0) is 47.9 Å². The molecule has 0 radical (unpaired) electrons. The lowest BCUT2D eigenvalue weighted by molar-refractivity contribution is -0.155.